The Morgan fingerprint density at radius 3 is 2.36 bits per heavy atom. The molecule has 3 heteroatoms. The van der Waals surface area contributed by atoms with Crippen molar-refractivity contribution >= 4 is 15.9 Å². The number of rotatable bonds is 1. The SMILES string of the molecule is CC(C)(C)[C@@H](N)c1ccc(O)c(Br)c1. The fourth-order valence-electron chi connectivity index (χ4n) is 1.22. The molecule has 0 unspecified atom stereocenters. The van der Waals surface area contributed by atoms with Gasteiger partial charge in [-0.1, -0.05) is 26.8 Å². The number of hydrogen-bond acceptors (Lipinski definition) is 2. The molecule has 78 valence electrons. The van der Waals surface area contributed by atoms with E-state index < -0.39 is 0 Å². The van der Waals surface area contributed by atoms with Crippen LogP contribution in [0.1, 0.15) is 32.4 Å². The quantitative estimate of drug-likeness (QED) is 0.812. The molecule has 1 aromatic rings. The summed E-state index contributed by atoms with van der Waals surface area (Å²) in [5.74, 6) is 0.245. The van der Waals surface area contributed by atoms with E-state index in [4.69, 9.17) is 5.73 Å². The molecule has 1 aromatic carbocycles. The molecule has 14 heavy (non-hydrogen) atoms. The zero-order valence-corrected chi connectivity index (χ0v) is 10.3. The lowest BCUT2D eigenvalue weighted by Gasteiger charge is -2.27. The Kier molecular flexibility index (Phi) is 3.22. The Morgan fingerprint density at radius 1 is 1.36 bits per heavy atom. The maximum absolute atomic E-state index is 9.34. The number of benzene rings is 1. The van der Waals surface area contributed by atoms with Gasteiger partial charge < -0.3 is 10.8 Å². The number of phenols is 1. The lowest BCUT2D eigenvalue weighted by atomic mass is 9.83. The van der Waals surface area contributed by atoms with E-state index in [2.05, 4.69) is 36.7 Å². The van der Waals surface area contributed by atoms with E-state index in [1.807, 2.05) is 12.1 Å². The van der Waals surface area contributed by atoms with Crippen molar-refractivity contribution in [1.29, 1.82) is 0 Å². The van der Waals surface area contributed by atoms with Gasteiger partial charge in [-0.15, -0.1) is 0 Å². The summed E-state index contributed by atoms with van der Waals surface area (Å²) >= 11 is 3.28. The normalized spacial score (nSPS) is 14.1. The third kappa shape index (κ3) is 2.49. The lowest BCUT2D eigenvalue weighted by molar-refractivity contribution is 0.326. The molecule has 0 radical (unpaired) electrons. The van der Waals surface area contributed by atoms with Gasteiger partial charge in [-0.05, 0) is 39.0 Å². The highest BCUT2D eigenvalue weighted by Gasteiger charge is 2.22. The Hall–Kier alpha value is -0.540. The van der Waals surface area contributed by atoms with E-state index in [-0.39, 0.29) is 17.2 Å². The Balaban J connectivity index is 3.03. The molecule has 0 aliphatic heterocycles. The zero-order chi connectivity index (χ0) is 10.9. The topological polar surface area (TPSA) is 46.2 Å². The predicted octanol–water partition coefficient (Wildman–Crippen LogP) is 3.20. The minimum Gasteiger partial charge on any atom is -0.507 e. The first-order valence-corrected chi connectivity index (χ1v) is 5.35. The molecule has 0 fully saturated rings. The highest BCUT2D eigenvalue weighted by molar-refractivity contribution is 9.10. The van der Waals surface area contributed by atoms with Gasteiger partial charge >= 0.3 is 0 Å². The maximum Gasteiger partial charge on any atom is 0.129 e. The lowest BCUT2D eigenvalue weighted by Crippen LogP contribution is -2.26. The molecule has 0 aromatic heterocycles. The molecule has 2 nitrogen and oxygen atoms in total. The van der Waals surface area contributed by atoms with Crippen molar-refractivity contribution in [3.8, 4) is 5.75 Å². The molecule has 0 heterocycles. The second-order valence-electron chi connectivity index (χ2n) is 4.55. The van der Waals surface area contributed by atoms with Crippen molar-refractivity contribution in [1.82, 2.24) is 0 Å². The number of phenolic OH excluding ortho intramolecular Hbond substituents is 1. The summed E-state index contributed by atoms with van der Waals surface area (Å²) in [6.07, 6.45) is 0. The molecule has 1 atom stereocenters. The largest absolute Gasteiger partial charge is 0.507 e. The van der Waals surface area contributed by atoms with E-state index in [1.165, 1.54) is 0 Å². The highest BCUT2D eigenvalue weighted by atomic mass is 79.9. The van der Waals surface area contributed by atoms with E-state index >= 15 is 0 Å². The Morgan fingerprint density at radius 2 is 1.93 bits per heavy atom. The molecule has 0 saturated carbocycles. The van der Waals surface area contributed by atoms with E-state index in [1.54, 1.807) is 6.07 Å². The van der Waals surface area contributed by atoms with Gasteiger partial charge in [0.2, 0.25) is 0 Å². The third-order valence-electron chi connectivity index (χ3n) is 2.26. The summed E-state index contributed by atoms with van der Waals surface area (Å²) in [5.41, 5.74) is 7.14. The standard InChI is InChI=1S/C11H16BrNO/c1-11(2,3)10(13)7-4-5-9(14)8(12)6-7/h4-6,10,14H,13H2,1-3H3/t10-/m0/s1. The number of hydrogen-bond donors (Lipinski definition) is 2. The monoisotopic (exact) mass is 257 g/mol. The van der Waals surface area contributed by atoms with Crippen LogP contribution in [0.3, 0.4) is 0 Å². The van der Waals surface area contributed by atoms with Crippen molar-refractivity contribution in [2.75, 3.05) is 0 Å². The van der Waals surface area contributed by atoms with Gasteiger partial charge in [0.25, 0.3) is 0 Å². The van der Waals surface area contributed by atoms with Gasteiger partial charge in [0.15, 0.2) is 0 Å². The van der Waals surface area contributed by atoms with Crippen LogP contribution in [0.25, 0.3) is 0 Å². The molecule has 0 bridgehead atoms. The van der Waals surface area contributed by atoms with Crippen molar-refractivity contribution in [3.05, 3.63) is 28.2 Å². The molecule has 0 spiro atoms. The number of halogens is 1. The van der Waals surface area contributed by atoms with Crippen LogP contribution >= 0.6 is 15.9 Å². The predicted molar refractivity (Wildman–Crippen MR) is 62.2 cm³/mol. The van der Waals surface area contributed by atoms with Crippen LogP contribution in [0.5, 0.6) is 5.75 Å². The van der Waals surface area contributed by atoms with E-state index in [0.29, 0.717) is 4.47 Å². The first-order valence-electron chi connectivity index (χ1n) is 4.56. The number of nitrogens with two attached hydrogens (primary N) is 1. The van der Waals surface area contributed by atoms with E-state index in [9.17, 15) is 5.11 Å². The molecule has 3 N–H and O–H groups in total. The van der Waals surface area contributed by atoms with Crippen LogP contribution in [-0.4, -0.2) is 5.11 Å². The maximum atomic E-state index is 9.34. The Bertz CT molecular complexity index is 331. The second kappa shape index (κ2) is 3.91. The van der Waals surface area contributed by atoms with Crippen LogP contribution in [0.4, 0.5) is 0 Å². The molecule has 0 aliphatic rings. The molecule has 1 rings (SSSR count). The van der Waals surface area contributed by atoms with Crippen LogP contribution in [0.15, 0.2) is 22.7 Å². The average Bonchev–Trinajstić information content (AvgIpc) is 2.07. The van der Waals surface area contributed by atoms with Gasteiger partial charge in [-0.25, -0.2) is 0 Å². The highest BCUT2D eigenvalue weighted by Crippen LogP contribution is 2.33. The van der Waals surface area contributed by atoms with Crippen molar-refractivity contribution < 1.29 is 5.11 Å². The summed E-state index contributed by atoms with van der Waals surface area (Å²) in [6, 6.07) is 5.35. The minimum absolute atomic E-state index is 0.0242. The van der Waals surface area contributed by atoms with Crippen LogP contribution < -0.4 is 5.73 Å². The Labute approximate surface area is 93.3 Å². The minimum atomic E-state index is -0.0283. The zero-order valence-electron chi connectivity index (χ0n) is 8.71. The van der Waals surface area contributed by atoms with Crippen LogP contribution in [-0.2, 0) is 0 Å². The van der Waals surface area contributed by atoms with Crippen LogP contribution in [0.2, 0.25) is 0 Å². The van der Waals surface area contributed by atoms with Gasteiger partial charge in [0.05, 0.1) is 4.47 Å². The molecule has 0 saturated heterocycles. The van der Waals surface area contributed by atoms with E-state index in [0.717, 1.165) is 5.56 Å². The summed E-state index contributed by atoms with van der Waals surface area (Å²) in [5, 5.41) is 9.34. The molecular weight excluding hydrogens is 242 g/mol. The first-order chi connectivity index (χ1) is 6.32. The fraction of sp³-hybridized carbons (Fsp3) is 0.455. The number of aromatic hydroxyl groups is 1. The smallest absolute Gasteiger partial charge is 0.129 e. The van der Waals surface area contributed by atoms with Crippen LogP contribution in [0, 0.1) is 5.41 Å². The first kappa shape index (κ1) is 11.5. The molecule has 0 aliphatic carbocycles. The summed E-state index contributed by atoms with van der Waals surface area (Å²) in [6.45, 7) is 6.29. The second-order valence-corrected chi connectivity index (χ2v) is 5.41. The van der Waals surface area contributed by atoms with Crippen molar-refractivity contribution in [3.63, 3.8) is 0 Å². The molecular formula is C11H16BrNO. The summed E-state index contributed by atoms with van der Waals surface area (Å²) in [4.78, 5) is 0. The van der Waals surface area contributed by atoms with Gasteiger partial charge in [-0.2, -0.15) is 0 Å². The molecule has 0 amide bonds. The summed E-state index contributed by atoms with van der Waals surface area (Å²) < 4.78 is 0.690. The van der Waals surface area contributed by atoms with Gasteiger partial charge in [0, 0.05) is 6.04 Å². The fourth-order valence-corrected chi connectivity index (χ4v) is 1.61. The van der Waals surface area contributed by atoms with Gasteiger partial charge in [-0.3, -0.25) is 0 Å². The average molecular weight is 258 g/mol. The third-order valence-corrected chi connectivity index (χ3v) is 2.90. The van der Waals surface area contributed by atoms with Gasteiger partial charge in [0.1, 0.15) is 5.75 Å². The summed E-state index contributed by atoms with van der Waals surface area (Å²) in [7, 11) is 0. The van der Waals surface area contributed by atoms with Crippen molar-refractivity contribution in [2.24, 2.45) is 11.1 Å². The van der Waals surface area contributed by atoms with Crippen molar-refractivity contribution in [2.45, 2.75) is 26.8 Å².